The predicted molar refractivity (Wildman–Crippen MR) is 74.9 cm³/mol. The summed E-state index contributed by atoms with van der Waals surface area (Å²) in [6.07, 6.45) is 7.52. The van der Waals surface area contributed by atoms with Crippen LogP contribution in [0.25, 0.3) is 0 Å². The quantitative estimate of drug-likeness (QED) is 0.892. The van der Waals surface area contributed by atoms with Crippen molar-refractivity contribution in [1.82, 2.24) is 14.5 Å². The van der Waals surface area contributed by atoms with Gasteiger partial charge in [0, 0.05) is 18.8 Å². The molecule has 1 fully saturated rings. The maximum atomic E-state index is 10.1. The van der Waals surface area contributed by atoms with Crippen LogP contribution in [0.4, 0.5) is 0 Å². The first-order chi connectivity index (χ1) is 9.16. The highest BCUT2D eigenvalue weighted by Gasteiger charge is 2.30. The monoisotopic (exact) mass is 263 g/mol. The number of aliphatic hydroxyl groups excluding tert-OH is 1. The third kappa shape index (κ3) is 2.43. The maximum Gasteiger partial charge on any atom is 0.138 e. The predicted octanol–water partition coefficient (Wildman–Crippen LogP) is 2.65. The summed E-state index contributed by atoms with van der Waals surface area (Å²) < 4.78 is 2.16. The highest BCUT2D eigenvalue weighted by atomic mass is 16.3. The SMILES string of the molecule is CC(C)N1CCCCC1c1cn2c(n1)C(O)CCC2. The molecule has 0 saturated carbocycles. The van der Waals surface area contributed by atoms with Crippen LogP contribution >= 0.6 is 0 Å². The molecule has 0 bridgehead atoms. The molecule has 1 N–H and O–H groups in total. The standard InChI is InChI=1S/C15H25N3O/c1-11(2)18-9-4-3-6-13(18)12-10-17-8-5-7-14(19)15(17)16-12/h10-11,13-14,19H,3-9H2,1-2H3. The van der Waals surface area contributed by atoms with Crippen LogP contribution in [0.1, 0.15) is 69.6 Å². The van der Waals surface area contributed by atoms with Gasteiger partial charge in [-0.05, 0) is 46.1 Å². The van der Waals surface area contributed by atoms with Gasteiger partial charge in [-0.15, -0.1) is 0 Å². The summed E-state index contributed by atoms with van der Waals surface area (Å²) in [6.45, 7) is 6.72. The first kappa shape index (κ1) is 13.1. The van der Waals surface area contributed by atoms with Crippen molar-refractivity contribution in [2.24, 2.45) is 0 Å². The van der Waals surface area contributed by atoms with Gasteiger partial charge in [0.15, 0.2) is 0 Å². The summed E-state index contributed by atoms with van der Waals surface area (Å²) in [5, 5.41) is 10.1. The van der Waals surface area contributed by atoms with Crippen LogP contribution in [0.5, 0.6) is 0 Å². The Morgan fingerprint density at radius 2 is 2.05 bits per heavy atom. The molecule has 19 heavy (non-hydrogen) atoms. The number of rotatable bonds is 2. The second-order valence-electron chi connectivity index (χ2n) is 6.22. The molecule has 2 atom stereocenters. The molecule has 4 nitrogen and oxygen atoms in total. The Labute approximate surface area is 115 Å². The molecule has 0 aliphatic carbocycles. The number of hydrogen-bond acceptors (Lipinski definition) is 3. The van der Waals surface area contributed by atoms with Crippen LogP contribution in [-0.2, 0) is 6.54 Å². The zero-order valence-electron chi connectivity index (χ0n) is 12.0. The van der Waals surface area contributed by atoms with Crippen LogP contribution in [0.15, 0.2) is 6.20 Å². The van der Waals surface area contributed by atoms with Crippen LogP contribution < -0.4 is 0 Å². The molecule has 0 aromatic carbocycles. The Balaban J connectivity index is 1.88. The van der Waals surface area contributed by atoms with Gasteiger partial charge >= 0.3 is 0 Å². The second kappa shape index (κ2) is 5.25. The molecule has 4 heteroatoms. The minimum Gasteiger partial charge on any atom is -0.385 e. The average Bonchev–Trinajstić information content (AvgIpc) is 2.84. The van der Waals surface area contributed by atoms with E-state index in [1.165, 1.54) is 31.5 Å². The number of aryl methyl sites for hydroxylation is 1. The zero-order valence-corrected chi connectivity index (χ0v) is 12.0. The Kier molecular flexibility index (Phi) is 3.63. The van der Waals surface area contributed by atoms with Gasteiger partial charge in [0.25, 0.3) is 0 Å². The van der Waals surface area contributed by atoms with E-state index in [-0.39, 0.29) is 6.10 Å². The van der Waals surface area contributed by atoms with Gasteiger partial charge in [-0.3, -0.25) is 4.90 Å². The number of imidazole rings is 1. The summed E-state index contributed by atoms with van der Waals surface area (Å²) >= 11 is 0. The lowest BCUT2D eigenvalue weighted by Gasteiger charge is -2.37. The number of aliphatic hydroxyl groups is 1. The summed E-state index contributed by atoms with van der Waals surface area (Å²) in [5.41, 5.74) is 1.17. The molecule has 106 valence electrons. The topological polar surface area (TPSA) is 41.3 Å². The lowest BCUT2D eigenvalue weighted by Crippen LogP contribution is -2.38. The van der Waals surface area contributed by atoms with Crippen molar-refractivity contribution in [3.8, 4) is 0 Å². The Hall–Kier alpha value is -0.870. The van der Waals surface area contributed by atoms with Crippen molar-refractivity contribution in [1.29, 1.82) is 0 Å². The van der Waals surface area contributed by atoms with E-state index in [9.17, 15) is 5.11 Å². The molecule has 2 unspecified atom stereocenters. The molecular weight excluding hydrogens is 238 g/mol. The number of fused-ring (bicyclic) bond motifs is 1. The highest BCUT2D eigenvalue weighted by molar-refractivity contribution is 5.13. The average molecular weight is 263 g/mol. The van der Waals surface area contributed by atoms with E-state index in [4.69, 9.17) is 4.98 Å². The van der Waals surface area contributed by atoms with Crippen molar-refractivity contribution in [2.75, 3.05) is 6.54 Å². The summed E-state index contributed by atoms with van der Waals surface area (Å²) in [5.74, 6) is 0.885. The number of likely N-dealkylation sites (tertiary alicyclic amines) is 1. The molecule has 2 aliphatic heterocycles. The van der Waals surface area contributed by atoms with E-state index in [2.05, 4.69) is 29.5 Å². The summed E-state index contributed by atoms with van der Waals surface area (Å²) in [4.78, 5) is 7.32. The summed E-state index contributed by atoms with van der Waals surface area (Å²) in [6, 6.07) is 1.01. The Bertz CT molecular complexity index is 441. The molecular formula is C15H25N3O. The second-order valence-corrected chi connectivity index (χ2v) is 6.22. The highest BCUT2D eigenvalue weighted by Crippen LogP contribution is 2.34. The number of piperidine rings is 1. The van der Waals surface area contributed by atoms with Gasteiger partial charge in [-0.2, -0.15) is 0 Å². The molecule has 1 aromatic heterocycles. The smallest absolute Gasteiger partial charge is 0.138 e. The fraction of sp³-hybridized carbons (Fsp3) is 0.800. The minimum absolute atomic E-state index is 0.362. The van der Waals surface area contributed by atoms with Gasteiger partial charge in [0.05, 0.1) is 11.7 Å². The fourth-order valence-corrected chi connectivity index (χ4v) is 3.53. The van der Waals surface area contributed by atoms with E-state index >= 15 is 0 Å². The van der Waals surface area contributed by atoms with Crippen LogP contribution in [-0.4, -0.2) is 32.1 Å². The van der Waals surface area contributed by atoms with Gasteiger partial charge < -0.3 is 9.67 Å². The Morgan fingerprint density at radius 3 is 2.79 bits per heavy atom. The van der Waals surface area contributed by atoms with E-state index in [1.807, 2.05) is 0 Å². The molecule has 0 amide bonds. The number of nitrogens with zero attached hydrogens (tertiary/aromatic N) is 3. The van der Waals surface area contributed by atoms with E-state index < -0.39 is 0 Å². The van der Waals surface area contributed by atoms with Crippen molar-refractivity contribution in [3.63, 3.8) is 0 Å². The van der Waals surface area contributed by atoms with E-state index in [0.29, 0.717) is 12.1 Å². The lowest BCUT2D eigenvalue weighted by atomic mass is 9.98. The van der Waals surface area contributed by atoms with Crippen molar-refractivity contribution in [2.45, 2.75) is 70.7 Å². The lowest BCUT2D eigenvalue weighted by molar-refractivity contribution is 0.108. The first-order valence-electron chi connectivity index (χ1n) is 7.67. The largest absolute Gasteiger partial charge is 0.385 e. The molecule has 3 heterocycles. The van der Waals surface area contributed by atoms with Gasteiger partial charge in [-0.1, -0.05) is 6.42 Å². The molecule has 3 rings (SSSR count). The number of hydrogen-bond donors (Lipinski definition) is 1. The van der Waals surface area contributed by atoms with Crippen LogP contribution in [0.3, 0.4) is 0 Å². The van der Waals surface area contributed by atoms with Gasteiger partial charge in [0.1, 0.15) is 11.9 Å². The van der Waals surface area contributed by atoms with Gasteiger partial charge in [-0.25, -0.2) is 4.98 Å². The van der Waals surface area contributed by atoms with Crippen LogP contribution in [0.2, 0.25) is 0 Å². The third-order valence-electron chi connectivity index (χ3n) is 4.55. The molecule has 0 spiro atoms. The summed E-state index contributed by atoms with van der Waals surface area (Å²) in [7, 11) is 0. The third-order valence-corrected chi connectivity index (χ3v) is 4.55. The minimum atomic E-state index is -0.362. The van der Waals surface area contributed by atoms with Crippen molar-refractivity contribution in [3.05, 3.63) is 17.7 Å². The van der Waals surface area contributed by atoms with E-state index in [1.54, 1.807) is 0 Å². The van der Waals surface area contributed by atoms with E-state index in [0.717, 1.165) is 25.2 Å². The molecule has 1 saturated heterocycles. The fourth-order valence-electron chi connectivity index (χ4n) is 3.53. The maximum absolute atomic E-state index is 10.1. The molecule has 1 aromatic rings. The van der Waals surface area contributed by atoms with Gasteiger partial charge in [0.2, 0.25) is 0 Å². The van der Waals surface area contributed by atoms with Crippen molar-refractivity contribution >= 4 is 0 Å². The molecule has 2 aliphatic rings. The normalized spacial score (nSPS) is 28.6. The zero-order chi connectivity index (χ0) is 13.4. The Morgan fingerprint density at radius 1 is 1.21 bits per heavy atom. The molecule has 0 radical (unpaired) electrons. The number of aromatic nitrogens is 2. The van der Waals surface area contributed by atoms with Crippen molar-refractivity contribution < 1.29 is 5.11 Å². The first-order valence-corrected chi connectivity index (χ1v) is 7.67. The van der Waals surface area contributed by atoms with Crippen LogP contribution in [0, 0.1) is 0 Å².